The van der Waals surface area contributed by atoms with Gasteiger partial charge in [-0.05, 0) is 62.9 Å². The fourth-order valence-electron chi connectivity index (χ4n) is 3.46. The Labute approximate surface area is 172 Å². The summed E-state index contributed by atoms with van der Waals surface area (Å²) in [4.78, 5) is 23.4. The van der Waals surface area contributed by atoms with Crippen LogP contribution in [0.25, 0.3) is 0 Å². The Morgan fingerprint density at radius 1 is 1.14 bits per heavy atom. The van der Waals surface area contributed by atoms with Crippen molar-refractivity contribution in [3.63, 3.8) is 0 Å². The van der Waals surface area contributed by atoms with E-state index in [1.807, 2.05) is 19.9 Å². The second kappa shape index (κ2) is 10.0. The van der Waals surface area contributed by atoms with Crippen LogP contribution in [0.3, 0.4) is 0 Å². The predicted molar refractivity (Wildman–Crippen MR) is 114 cm³/mol. The van der Waals surface area contributed by atoms with Gasteiger partial charge in [-0.2, -0.15) is 0 Å². The van der Waals surface area contributed by atoms with Crippen molar-refractivity contribution in [2.45, 2.75) is 51.9 Å². The highest BCUT2D eigenvalue weighted by atomic mass is 32.2. The van der Waals surface area contributed by atoms with Crippen molar-refractivity contribution >= 4 is 17.7 Å². The molecule has 0 spiro atoms. The van der Waals surface area contributed by atoms with Gasteiger partial charge in [0.25, 0.3) is 0 Å². The molecule has 28 heavy (non-hydrogen) atoms. The minimum Gasteiger partial charge on any atom is -0.351 e. The van der Waals surface area contributed by atoms with Gasteiger partial charge in [0.05, 0.1) is 5.75 Å². The number of aromatic nitrogens is 2. The van der Waals surface area contributed by atoms with Crippen molar-refractivity contribution in [1.29, 1.82) is 0 Å². The Balaban J connectivity index is 1.45. The zero-order valence-electron chi connectivity index (χ0n) is 17.1. The van der Waals surface area contributed by atoms with Crippen LogP contribution in [0.1, 0.15) is 42.3 Å². The van der Waals surface area contributed by atoms with E-state index in [9.17, 15) is 4.79 Å². The first-order valence-corrected chi connectivity index (χ1v) is 11.0. The van der Waals surface area contributed by atoms with E-state index in [0.717, 1.165) is 29.4 Å². The van der Waals surface area contributed by atoms with Crippen LogP contribution < -0.4 is 5.32 Å². The molecule has 1 aliphatic heterocycles. The summed E-state index contributed by atoms with van der Waals surface area (Å²) < 4.78 is 0. The summed E-state index contributed by atoms with van der Waals surface area (Å²) in [7, 11) is 0. The highest BCUT2D eigenvalue weighted by Crippen LogP contribution is 2.18. The number of carbonyl (C=O) groups excluding carboxylic acids is 1. The summed E-state index contributed by atoms with van der Waals surface area (Å²) in [6.07, 6.45) is 2.58. The van der Waals surface area contributed by atoms with Gasteiger partial charge in [0.15, 0.2) is 5.16 Å². The van der Waals surface area contributed by atoms with Crippen molar-refractivity contribution < 1.29 is 4.79 Å². The molecule has 1 aliphatic rings. The zero-order valence-corrected chi connectivity index (χ0v) is 17.9. The van der Waals surface area contributed by atoms with Gasteiger partial charge < -0.3 is 5.32 Å². The van der Waals surface area contributed by atoms with E-state index in [4.69, 9.17) is 0 Å². The highest BCUT2D eigenvalue weighted by molar-refractivity contribution is 7.99. The second-order valence-electron chi connectivity index (χ2n) is 7.78. The molecule has 0 saturated carbocycles. The maximum absolute atomic E-state index is 12.2. The van der Waals surface area contributed by atoms with Gasteiger partial charge in [0.2, 0.25) is 5.91 Å². The number of carbonyl (C=O) groups is 1. The molecule has 1 aromatic heterocycles. The molecule has 1 N–H and O–H groups in total. The van der Waals surface area contributed by atoms with Crippen LogP contribution in [0, 0.1) is 19.8 Å². The topological polar surface area (TPSA) is 58.1 Å². The molecule has 2 heterocycles. The summed E-state index contributed by atoms with van der Waals surface area (Å²) in [5, 5.41) is 3.66. The third-order valence-corrected chi connectivity index (χ3v) is 5.90. The van der Waals surface area contributed by atoms with Gasteiger partial charge in [-0.3, -0.25) is 9.69 Å². The summed E-state index contributed by atoms with van der Waals surface area (Å²) in [5.74, 6) is 1.18. The lowest BCUT2D eigenvalue weighted by atomic mass is 9.98. The molecule has 0 aliphatic carbocycles. The average molecular weight is 399 g/mol. The number of hydrogen-bond acceptors (Lipinski definition) is 5. The lowest BCUT2D eigenvalue weighted by Crippen LogP contribution is -2.32. The number of rotatable bonds is 7. The largest absolute Gasteiger partial charge is 0.351 e. The van der Waals surface area contributed by atoms with E-state index in [-0.39, 0.29) is 5.91 Å². The monoisotopic (exact) mass is 398 g/mol. The number of amides is 1. The predicted octanol–water partition coefficient (Wildman–Crippen LogP) is 3.73. The molecular formula is C22H30N4OS. The lowest BCUT2D eigenvalue weighted by molar-refractivity contribution is -0.118. The molecule has 0 bridgehead atoms. The minimum absolute atomic E-state index is 0.00294. The molecule has 2 aromatic rings. The third-order valence-electron chi connectivity index (χ3n) is 5.06. The zero-order chi connectivity index (χ0) is 19.9. The molecular weight excluding hydrogens is 368 g/mol. The van der Waals surface area contributed by atoms with Crippen molar-refractivity contribution in [2.75, 3.05) is 18.8 Å². The van der Waals surface area contributed by atoms with Crippen LogP contribution in [0.4, 0.5) is 0 Å². The average Bonchev–Trinajstić information content (AvgIpc) is 2.66. The number of likely N-dealkylation sites (tertiary alicyclic amines) is 1. The standard InChI is InChI=1S/C22H30N4OS/c1-16-7-9-26(10-8-16)14-20-6-4-5-19(12-20)13-23-21(27)15-28-22-24-17(2)11-18(3)25-22/h4-6,11-12,16H,7-10,13-15H2,1-3H3,(H,23,27). The summed E-state index contributed by atoms with van der Waals surface area (Å²) in [6.45, 7) is 10.1. The van der Waals surface area contributed by atoms with Crippen molar-refractivity contribution in [2.24, 2.45) is 5.92 Å². The van der Waals surface area contributed by atoms with Crippen LogP contribution in [0.15, 0.2) is 35.5 Å². The van der Waals surface area contributed by atoms with E-state index in [1.54, 1.807) is 0 Å². The first kappa shape index (κ1) is 20.8. The fraction of sp³-hybridized carbons (Fsp3) is 0.500. The number of nitrogens with zero attached hydrogens (tertiary/aromatic N) is 3. The number of hydrogen-bond donors (Lipinski definition) is 1. The normalized spacial score (nSPS) is 15.5. The number of thioether (sulfide) groups is 1. The Kier molecular flexibility index (Phi) is 7.45. The van der Waals surface area contributed by atoms with E-state index in [2.05, 4.69) is 51.4 Å². The molecule has 1 amide bonds. The van der Waals surface area contributed by atoms with Gasteiger partial charge >= 0.3 is 0 Å². The molecule has 1 fully saturated rings. The fourth-order valence-corrected chi connectivity index (χ4v) is 4.24. The van der Waals surface area contributed by atoms with Gasteiger partial charge in [-0.15, -0.1) is 0 Å². The minimum atomic E-state index is 0.00294. The van der Waals surface area contributed by atoms with E-state index >= 15 is 0 Å². The smallest absolute Gasteiger partial charge is 0.230 e. The Hall–Kier alpha value is -1.92. The number of piperidine rings is 1. The molecule has 5 nitrogen and oxygen atoms in total. The number of benzene rings is 1. The van der Waals surface area contributed by atoms with Crippen molar-refractivity contribution in [3.8, 4) is 0 Å². The van der Waals surface area contributed by atoms with E-state index < -0.39 is 0 Å². The van der Waals surface area contributed by atoms with Crippen LogP contribution in [-0.4, -0.2) is 39.6 Å². The van der Waals surface area contributed by atoms with Gasteiger partial charge in [-0.1, -0.05) is 43.0 Å². The summed E-state index contributed by atoms with van der Waals surface area (Å²) >= 11 is 1.38. The highest BCUT2D eigenvalue weighted by Gasteiger charge is 2.15. The van der Waals surface area contributed by atoms with E-state index in [1.165, 1.54) is 43.3 Å². The Morgan fingerprint density at radius 2 is 1.82 bits per heavy atom. The first-order valence-electron chi connectivity index (χ1n) is 10.00. The summed E-state index contributed by atoms with van der Waals surface area (Å²) in [6, 6.07) is 10.5. The van der Waals surface area contributed by atoms with Crippen LogP contribution in [-0.2, 0) is 17.9 Å². The van der Waals surface area contributed by atoms with Crippen LogP contribution in [0.2, 0.25) is 0 Å². The van der Waals surface area contributed by atoms with Crippen molar-refractivity contribution in [1.82, 2.24) is 20.2 Å². The Morgan fingerprint density at radius 3 is 2.54 bits per heavy atom. The van der Waals surface area contributed by atoms with Gasteiger partial charge in [0, 0.05) is 24.5 Å². The maximum atomic E-state index is 12.2. The molecule has 0 unspecified atom stereocenters. The SMILES string of the molecule is Cc1cc(C)nc(SCC(=O)NCc2cccc(CN3CCC(C)CC3)c2)n1. The number of aryl methyl sites for hydroxylation is 2. The van der Waals surface area contributed by atoms with Crippen molar-refractivity contribution in [3.05, 3.63) is 52.8 Å². The maximum Gasteiger partial charge on any atom is 0.230 e. The first-order chi connectivity index (χ1) is 13.5. The molecule has 1 aromatic carbocycles. The van der Waals surface area contributed by atoms with E-state index in [0.29, 0.717) is 17.5 Å². The lowest BCUT2D eigenvalue weighted by Gasteiger charge is -2.30. The van der Waals surface area contributed by atoms with Crippen LogP contribution in [0.5, 0.6) is 0 Å². The molecule has 1 saturated heterocycles. The molecule has 150 valence electrons. The molecule has 3 rings (SSSR count). The molecule has 6 heteroatoms. The number of nitrogens with one attached hydrogen (secondary N) is 1. The van der Waals surface area contributed by atoms with Gasteiger partial charge in [0.1, 0.15) is 0 Å². The van der Waals surface area contributed by atoms with Gasteiger partial charge in [-0.25, -0.2) is 9.97 Å². The van der Waals surface area contributed by atoms with Crippen LogP contribution >= 0.6 is 11.8 Å². The second-order valence-corrected chi connectivity index (χ2v) is 8.72. The third kappa shape index (κ3) is 6.60. The molecule has 0 radical (unpaired) electrons. The molecule has 0 atom stereocenters. The summed E-state index contributed by atoms with van der Waals surface area (Å²) in [5.41, 5.74) is 4.31. The quantitative estimate of drug-likeness (QED) is 0.569. The Bertz CT molecular complexity index is 783.